The van der Waals surface area contributed by atoms with Crippen LogP contribution in [0.5, 0.6) is 0 Å². The summed E-state index contributed by atoms with van der Waals surface area (Å²) in [5.74, 6) is 2.86. The van der Waals surface area contributed by atoms with Crippen LogP contribution in [0.1, 0.15) is 56.5 Å². The first-order valence-corrected chi connectivity index (χ1v) is 13.7. The van der Waals surface area contributed by atoms with Crippen molar-refractivity contribution in [2.75, 3.05) is 31.9 Å². The first-order valence-electron chi connectivity index (χ1n) is 11.3. The Bertz CT molecular complexity index is 844. The van der Waals surface area contributed by atoms with E-state index in [4.69, 9.17) is 4.52 Å². The van der Waals surface area contributed by atoms with Crippen LogP contribution < -0.4 is 0 Å². The number of nitrogens with zero attached hydrogens (tertiary/aromatic N) is 4. The van der Waals surface area contributed by atoms with Crippen molar-refractivity contribution in [3.63, 3.8) is 0 Å². The Morgan fingerprint density at radius 1 is 1.19 bits per heavy atom. The van der Waals surface area contributed by atoms with Gasteiger partial charge in [-0.2, -0.15) is 4.98 Å². The molecular formula is C23H32N4O2S2. The van der Waals surface area contributed by atoms with E-state index in [2.05, 4.69) is 41.0 Å². The van der Waals surface area contributed by atoms with E-state index in [1.165, 1.54) is 30.6 Å². The van der Waals surface area contributed by atoms with Crippen LogP contribution in [0, 0.1) is 6.92 Å². The van der Waals surface area contributed by atoms with E-state index in [1.807, 2.05) is 38.6 Å². The number of carbonyl (C=O) groups excluding carboxylic acids is 1. The maximum absolute atomic E-state index is 12.6. The lowest BCUT2D eigenvalue weighted by Gasteiger charge is -2.36. The molecule has 0 N–H and O–H groups in total. The summed E-state index contributed by atoms with van der Waals surface area (Å²) < 4.78 is 5.56. The maximum Gasteiger partial charge on any atom is 0.244 e. The van der Waals surface area contributed by atoms with Crippen LogP contribution >= 0.6 is 21.6 Å². The van der Waals surface area contributed by atoms with Gasteiger partial charge in [0.15, 0.2) is 0 Å². The number of hydrogen-bond donors (Lipinski definition) is 0. The van der Waals surface area contributed by atoms with Crippen LogP contribution in [-0.2, 0) is 4.79 Å². The van der Waals surface area contributed by atoms with Crippen molar-refractivity contribution in [2.24, 2.45) is 0 Å². The van der Waals surface area contributed by atoms with Crippen LogP contribution in [0.3, 0.4) is 0 Å². The third-order valence-electron chi connectivity index (χ3n) is 6.22. The van der Waals surface area contributed by atoms with Crippen molar-refractivity contribution in [3.8, 4) is 11.4 Å². The predicted molar refractivity (Wildman–Crippen MR) is 128 cm³/mol. The highest BCUT2D eigenvalue weighted by Gasteiger charge is 2.27. The van der Waals surface area contributed by atoms with Gasteiger partial charge in [0.2, 0.25) is 17.6 Å². The molecule has 8 heteroatoms. The van der Waals surface area contributed by atoms with Crippen molar-refractivity contribution >= 4 is 27.5 Å². The lowest BCUT2D eigenvalue weighted by atomic mass is 10.1. The van der Waals surface area contributed by atoms with Gasteiger partial charge in [-0.15, -0.1) is 0 Å². The Balaban J connectivity index is 1.21. The van der Waals surface area contributed by atoms with Gasteiger partial charge in [-0.05, 0) is 33.1 Å². The Kier molecular flexibility index (Phi) is 7.96. The molecule has 1 aromatic carbocycles. The molecule has 1 aromatic heterocycles. The molecule has 31 heavy (non-hydrogen) atoms. The molecule has 4 rings (SSSR count). The molecule has 168 valence electrons. The average molecular weight is 461 g/mol. The lowest BCUT2D eigenvalue weighted by molar-refractivity contribution is -0.133. The van der Waals surface area contributed by atoms with E-state index >= 15 is 0 Å². The largest absolute Gasteiger partial charge is 0.340 e. The highest BCUT2D eigenvalue weighted by Crippen LogP contribution is 2.39. The second kappa shape index (κ2) is 10.9. The zero-order valence-electron chi connectivity index (χ0n) is 18.5. The topological polar surface area (TPSA) is 62.5 Å². The molecule has 0 aliphatic carbocycles. The summed E-state index contributed by atoms with van der Waals surface area (Å²) in [6, 6.07) is 8.19. The third kappa shape index (κ3) is 6.05. The molecule has 2 aromatic rings. The van der Waals surface area contributed by atoms with Crippen LogP contribution in [0.15, 0.2) is 28.8 Å². The summed E-state index contributed by atoms with van der Waals surface area (Å²) >= 11 is 0. The van der Waals surface area contributed by atoms with Crippen molar-refractivity contribution in [1.29, 1.82) is 0 Å². The summed E-state index contributed by atoms with van der Waals surface area (Å²) in [6.07, 6.45) is 5.45. The molecular weight excluding hydrogens is 428 g/mol. The van der Waals surface area contributed by atoms with Crippen molar-refractivity contribution in [2.45, 2.75) is 57.2 Å². The van der Waals surface area contributed by atoms with Gasteiger partial charge in [-0.1, -0.05) is 63.0 Å². The number of carbonyl (C=O) groups is 1. The first kappa shape index (κ1) is 22.7. The van der Waals surface area contributed by atoms with Crippen LogP contribution in [0.25, 0.3) is 11.4 Å². The fraction of sp³-hybridized carbons (Fsp3) is 0.609. The van der Waals surface area contributed by atoms with E-state index in [9.17, 15) is 4.79 Å². The maximum atomic E-state index is 12.6. The SMILES string of the molecule is Cc1ccc(-c2noc(C(C)N3CCN(C(=O)CCCCC4CCSS4)CC3)n2)cc1. The molecule has 0 bridgehead atoms. The second-order valence-electron chi connectivity index (χ2n) is 8.49. The standard InChI is InChI=1S/C23H32N4O2S2/c1-17-7-9-19(10-8-17)22-24-23(29-25-22)18(2)26-12-14-27(15-13-26)21(28)6-4-3-5-20-11-16-30-31-20/h7-10,18,20H,3-6,11-16H2,1-2H3. The third-order valence-corrected chi connectivity index (χ3v) is 9.22. The number of hydrogen-bond acceptors (Lipinski definition) is 7. The van der Waals surface area contributed by atoms with Crippen molar-refractivity contribution in [1.82, 2.24) is 19.9 Å². The minimum absolute atomic E-state index is 0.0470. The van der Waals surface area contributed by atoms with Gasteiger partial charge in [0.1, 0.15) is 0 Å². The molecule has 2 fully saturated rings. The number of piperazine rings is 1. The minimum Gasteiger partial charge on any atom is -0.340 e. The summed E-state index contributed by atoms with van der Waals surface area (Å²) in [5.41, 5.74) is 2.17. The van der Waals surface area contributed by atoms with Gasteiger partial charge in [0.05, 0.1) is 6.04 Å². The van der Waals surface area contributed by atoms with Crippen LogP contribution in [0.4, 0.5) is 0 Å². The molecule has 0 spiro atoms. The summed E-state index contributed by atoms with van der Waals surface area (Å²) in [7, 11) is 4.02. The van der Waals surface area contributed by atoms with Crippen molar-refractivity contribution < 1.29 is 9.32 Å². The number of aromatic nitrogens is 2. The summed E-state index contributed by atoms with van der Waals surface area (Å²) in [6.45, 7) is 7.39. The van der Waals surface area contributed by atoms with E-state index in [1.54, 1.807) is 0 Å². The van der Waals surface area contributed by atoms with E-state index in [0.29, 0.717) is 24.0 Å². The zero-order chi connectivity index (χ0) is 21.6. The monoisotopic (exact) mass is 460 g/mol. The molecule has 3 heterocycles. The molecule has 2 unspecified atom stereocenters. The van der Waals surface area contributed by atoms with Gasteiger partial charge in [0.25, 0.3) is 0 Å². The normalized spacial score (nSPS) is 20.8. The molecule has 0 radical (unpaired) electrons. The van der Waals surface area contributed by atoms with Crippen molar-refractivity contribution in [3.05, 3.63) is 35.7 Å². The first-order chi connectivity index (χ1) is 15.1. The smallest absolute Gasteiger partial charge is 0.244 e. The van der Waals surface area contributed by atoms with E-state index < -0.39 is 0 Å². The highest BCUT2D eigenvalue weighted by atomic mass is 33.1. The molecule has 6 nitrogen and oxygen atoms in total. The molecule has 1 amide bonds. The van der Waals surface area contributed by atoms with Gasteiger partial charge in [0, 0.05) is 49.2 Å². The Morgan fingerprint density at radius 2 is 1.97 bits per heavy atom. The molecule has 2 aliphatic heterocycles. The lowest BCUT2D eigenvalue weighted by Crippen LogP contribution is -2.49. The quantitative estimate of drug-likeness (QED) is 0.407. The molecule has 2 aliphatic rings. The zero-order valence-corrected chi connectivity index (χ0v) is 20.1. The Labute approximate surface area is 192 Å². The molecule has 0 saturated carbocycles. The number of rotatable bonds is 8. The molecule has 2 saturated heterocycles. The van der Waals surface area contributed by atoms with Gasteiger partial charge >= 0.3 is 0 Å². The fourth-order valence-corrected chi connectivity index (χ4v) is 7.14. The average Bonchev–Trinajstić information content (AvgIpc) is 3.49. The number of aryl methyl sites for hydroxylation is 1. The minimum atomic E-state index is 0.0470. The number of benzene rings is 1. The summed E-state index contributed by atoms with van der Waals surface area (Å²) in [5, 5.41) is 4.97. The fourth-order valence-electron chi connectivity index (χ4n) is 4.11. The predicted octanol–water partition coefficient (Wildman–Crippen LogP) is 4.96. The number of amides is 1. The van der Waals surface area contributed by atoms with Crippen LogP contribution in [0.2, 0.25) is 0 Å². The van der Waals surface area contributed by atoms with E-state index in [-0.39, 0.29) is 6.04 Å². The summed E-state index contributed by atoms with van der Waals surface area (Å²) in [4.78, 5) is 21.5. The van der Waals surface area contributed by atoms with Crippen LogP contribution in [-0.4, -0.2) is 63.0 Å². The highest BCUT2D eigenvalue weighted by molar-refractivity contribution is 8.77. The van der Waals surface area contributed by atoms with Gasteiger partial charge in [-0.3, -0.25) is 9.69 Å². The molecule has 2 atom stereocenters. The van der Waals surface area contributed by atoms with Gasteiger partial charge < -0.3 is 9.42 Å². The van der Waals surface area contributed by atoms with Gasteiger partial charge in [-0.25, -0.2) is 0 Å². The number of unbranched alkanes of at least 4 members (excludes halogenated alkanes) is 1. The van der Waals surface area contributed by atoms with E-state index in [0.717, 1.165) is 43.4 Å². The Hall–Kier alpha value is -1.51. The Morgan fingerprint density at radius 3 is 2.68 bits per heavy atom. The second-order valence-corrected chi connectivity index (χ2v) is 11.3.